The molecular weight excluding hydrogens is 478 g/mol. The number of aromatic nitrogens is 1. The first-order chi connectivity index (χ1) is 18.8. The lowest BCUT2D eigenvalue weighted by atomic mass is 9.99. The maximum absolute atomic E-state index is 4.61. The Kier molecular flexibility index (Phi) is 11.4. The summed E-state index contributed by atoms with van der Waals surface area (Å²) in [4.78, 5) is 9.22. The second-order valence-electron chi connectivity index (χ2n) is 10.5. The number of anilines is 2. The van der Waals surface area contributed by atoms with E-state index in [1.165, 1.54) is 34.3 Å². The van der Waals surface area contributed by atoms with E-state index >= 15 is 0 Å². The predicted octanol–water partition coefficient (Wildman–Crippen LogP) is 6.41. The summed E-state index contributed by atoms with van der Waals surface area (Å²) in [5, 5.41) is 3.60. The van der Waals surface area contributed by atoms with Gasteiger partial charge in [0.15, 0.2) is 0 Å². The van der Waals surface area contributed by atoms with E-state index in [0.29, 0.717) is 5.92 Å². The Morgan fingerprint density at radius 2 is 1.77 bits per heavy atom. The molecule has 0 saturated carbocycles. The minimum Gasteiger partial charge on any atom is -0.405 e. The van der Waals surface area contributed by atoms with E-state index in [1.807, 2.05) is 12.3 Å². The molecule has 0 amide bonds. The van der Waals surface area contributed by atoms with Gasteiger partial charge in [-0.3, -0.25) is 4.98 Å². The highest BCUT2D eigenvalue weighted by Gasteiger charge is 2.27. The average molecular weight is 524 g/mol. The Balaban J connectivity index is 0.00000134. The van der Waals surface area contributed by atoms with Crippen LogP contribution in [0.2, 0.25) is 0 Å². The van der Waals surface area contributed by atoms with E-state index in [1.54, 1.807) is 0 Å². The molecule has 0 saturated heterocycles. The molecule has 0 bridgehead atoms. The van der Waals surface area contributed by atoms with Crippen molar-refractivity contribution in [2.24, 2.45) is 11.7 Å². The van der Waals surface area contributed by atoms with Crippen molar-refractivity contribution < 1.29 is 0 Å². The van der Waals surface area contributed by atoms with E-state index < -0.39 is 0 Å². The Morgan fingerprint density at radius 3 is 2.44 bits per heavy atom. The van der Waals surface area contributed by atoms with E-state index in [9.17, 15) is 0 Å². The highest BCUT2D eigenvalue weighted by molar-refractivity contribution is 5.79. The van der Waals surface area contributed by atoms with Gasteiger partial charge in [0.1, 0.15) is 0 Å². The summed E-state index contributed by atoms with van der Waals surface area (Å²) in [6.45, 7) is 22.0. The third-order valence-corrected chi connectivity index (χ3v) is 6.73. The second-order valence-corrected chi connectivity index (χ2v) is 10.5. The zero-order chi connectivity index (χ0) is 28.2. The number of benzene rings is 2. The lowest BCUT2D eigenvalue weighted by Crippen LogP contribution is -2.41. The van der Waals surface area contributed by atoms with Gasteiger partial charge in [-0.05, 0) is 73.8 Å². The van der Waals surface area contributed by atoms with Crippen molar-refractivity contribution in [2.45, 2.75) is 40.0 Å². The van der Waals surface area contributed by atoms with Crippen LogP contribution in [0.5, 0.6) is 0 Å². The van der Waals surface area contributed by atoms with Crippen LogP contribution in [0.25, 0.3) is 0 Å². The zero-order valence-corrected chi connectivity index (χ0v) is 24.0. The molecule has 3 N–H and O–H groups in total. The smallest absolute Gasteiger partial charge is 0.0656 e. The number of pyridine rings is 1. The summed E-state index contributed by atoms with van der Waals surface area (Å²) in [5.74, 6) is 0.613. The first-order valence-corrected chi connectivity index (χ1v) is 13.8. The molecule has 0 aliphatic carbocycles. The third kappa shape index (κ3) is 8.86. The van der Waals surface area contributed by atoms with Crippen molar-refractivity contribution in [1.29, 1.82) is 0 Å². The highest BCUT2D eigenvalue weighted by Crippen LogP contribution is 2.39. The zero-order valence-electron chi connectivity index (χ0n) is 24.0. The van der Waals surface area contributed by atoms with Crippen LogP contribution in [0.3, 0.4) is 0 Å². The van der Waals surface area contributed by atoms with Gasteiger partial charge in [0.25, 0.3) is 0 Å². The number of hydrogen-bond donors (Lipinski definition) is 2. The largest absolute Gasteiger partial charge is 0.405 e. The topological polar surface area (TPSA) is 57.4 Å². The molecule has 4 rings (SSSR count). The fourth-order valence-corrected chi connectivity index (χ4v) is 4.78. The first kappa shape index (κ1) is 29.7. The van der Waals surface area contributed by atoms with Gasteiger partial charge in [-0.25, -0.2) is 0 Å². The molecule has 1 aliphatic rings. The molecule has 5 nitrogen and oxygen atoms in total. The fraction of sp³-hybridized carbons (Fsp3) is 0.324. The molecule has 0 atom stereocenters. The molecule has 1 aromatic heterocycles. The van der Waals surface area contributed by atoms with Gasteiger partial charge in [-0.2, -0.15) is 0 Å². The Bertz CT molecular complexity index is 1210. The molecular formula is C34H45N5. The van der Waals surface area contributed by atoms with E-state index in [4.69, 9.17) is 0 Å². The summed E-state index contributed by atoms with van der Waals surface area (Å²) in [5.41, 5.74) is 14.3. The van der Waals surface area contributed by atoms with Gasteiger partial charge in [0, 0.05) is 42.8 Å². The van der Waals surface area contributed by atoms with Gasteiger partial charge in [0.05, 0.1) is 17.9 Å². The van der Waals surface area contributed by atoms with Crippen LogP contribution in [0.4, 0.5) is 11.4 Å². The monoisotopic (exact) mass is 523 g/mol. The first-order valence-electron chi connectivity index (χ1n) is 13.8. The molecule has 0 unspecified atom stereocenters. The molecule has 39 heavy (non-hydrogen) atoms. The maximum atomic E-state index is 4.61. The number of fused-ring (bicyclic) bond motifs is 1. The molecule has 2 aromatic carbocycles. The second kappa shape index (κ2) is 14.9. The van der Waals surface area contributed by atoms with Crippen LogP contribution in [0.15, 0.2) is 104 Å². The molecule has 0 fully saturated rings. The summed E-state index contributed by atoms with van der Waals surface area (Å²) in [6.07, 6.45) is 6.08. The maximum Gasteiger partial charge on any atom is 0.0656 e. The van der Waals surface area contributed by atoms with Gasteiger partial charge in [-0.15, -0.1) is 0 Å². The molecule has 0 spiro atoms. The number of nitrogens with one attached hydrogen (secondary N) is 1. The lowest BCUT2D eigenvalue weighted by molar-refractivity contribution is 0.646. The van der Waals surface area contributed by atoms with Gasteiger partial charge >= 0.3 is 0 Å². The van der Waals surface area contributed by atoms with Gasteiger partial charge in [0.2, 0.25) is 0 Å². The van der Waals surface area contributed by atoms with Crippen LogP contribution in [-0.2, 0) is 19.3 Å². The summed E-state index contributed by atoms with van der Waals surface area (Å²) < 4.78 is 0. The predicted molar refractivity (Wildman–Crippen MR) is 168 cm³/mol. The Labute approximate surface area is 235 Å². The highest BCUT2D eigenvalue weighted by atomic mass is 15.3. The van der Waals surface area contributed by atoms with Gasteiger partial charge in [-0.1, -0.05) is 75.5 Å². The molecule has 5 heteroatoms. The van der Waals surface area contributed by atoms with E-state index in [-0.39, 0.29) is 0 Å². The van der Waals surface area contributed by atoms with Crippen molar-refractivity contribution in [3.05, 3.63) is 127 Å². The Hall–Kier alpha value is -3.83. The quantitative estimate of drug-likeness (QED) is 0.285. The Morgan fingerprint density at radius 1 is 1.05 bits per heavy atom. The molecule has 1 aliphatic heterocycles. The van der Waals surface area contributed by atoms with E-state index in [2.05, 4.69) is 121 Å². The molecule has 3 aromatic rings. The van der Waals surface area contributed by atoms with Crippen LogP contribution >= 0.6 is 0 Å². The number of nitrogens with zero attached hydrogens (tertiary/aromatic N) is 3. The SMILES string of the molecule is C=C1CN(C(=C)CNCCc2ccc(C)cc2)c2cc(CC(C)C)ccc2N1CCc1ccccn1.C=CN. The number of hydrogen-bond acceptors (Lipinski definition) is 5. The van der Waals surface area contributed by atoms with Crippen molar-refractivity contribution in [1.82, 2.24) is 10.3 Å². The summed E-state index contributed by atoms with van der Waals surface area (Å²) in [7, 11) is 0. The lowest BCUT2D eigenvalue weighted by Gasteiger charge is -2.41. The third-order valence-electron chi connectivity index (χ3n) is 6.73. The van der Waals surface area contributed by atoms with Crippen LogP contribution < -0.4 is 20.9 Å². The summed E-state index contributed by atoms with van der Waals surface area (Å²) in [6, 6.07) is 21.8. The van der Waals surface area contributed by atoms with E-state index in [0.717, 1.165) is 62.5 Å². The van der Waals surface area contributed by atoms with Crippen molar-refractivity contribution in [3.8, 4) is 0 Å². The number of rotatable bonds is 11. The number of aryl methyl sites for hydroxylation is 1. The minimum atomic E-state index is 0.613. The number of nitrogens with two attached hydrogens (primary N) is 1. The van der Waals surface area contributed by atoms with Crippen molar-refractivity contribution in [2.75, 3.05) is 36.0 Å². The van der Waals surface area contributed by atoms with Crippen LogP contribution in [0, 0.1) is 12.8 Å². The van der Waals surface area contributed by atoms with Crippen LogP contribution in [0.1, 0.15) is 36.2 Å². The molecule has 2 heterocycles. The normalized spacial score (nSPS) is 12.6. The van der Waals surface area contributed by atoms with Gasteiger partial charge < -0.3 is 20.9 Å². The average Bonchev–Trinajstić information content (AvgIpc) is 2.92. The molecule has 0 radical (unpaired) electrons. The standard InChI is InChI=1S/C32H40N4.C2H5N/c1-24(2)20-29-13-14-31-32(21-29)36(23-27(5)35(31)19-16-30-8-6-7-17-34-30)26(4)22-33-18-15-28-11-9-25(3)10-12-28;1-2-3/h6-14,17,21,24,33H,4-5,15-16,18-20,22-23H2,1-3H3;2H,1,3H2. The fourth-order valence-electron chi connectivity index (χ4n) is 4.78. The van der Waals surface area contributed by atoms with Crippen molar-refractivity contribution in [3.63, 3.8) is 0 Å². The summed E-state index contributed by atoms with van der Waals surface area (Å²) >= 11 is 0. The molecule has 206 valence electrons. The van der Waals surface area contributed by atoms with Crippen molar-refractivity contribution >= 4 is 11.4 Å². The van der Waals surface area contributed by atoms with Crippen LogP contribution in [-0.4, -0.2) is 31.2 Å². The minimum absolute atomic E-state index is 0.613.